The second-order valence-corrected chi connectivity index (χ2v) is 7.95. The SMILES string of the molecule is O=C(CSc1ccc(F)c(Cl)c1)NCc1ccc(C[NH+]2CCOCC2)cc1. The minimum absolute atomic E-state index is 0.0673. The summed E-state index contributed by atoms with van der Waals surface area (Å²) in [5.41, 5.74) is 2.37. The van der Waals surface area contributed by atoms with Crippen LogP contribution >= 0.6 is 23.4 Å². The Morgan fingerprint density at radius 2 is 1.85 bits per heavy atom. The van der Waals surface area contributed by atoms with Crippen molar-refractivity contribution < 1.29 is 18.8 Å². The number of nitrogens with one attached hydrogen (secondary N) is 2. The van der Waals surface area contributed by atoms with Crippen LogP contribution in [-0.4, -0.2) is 38.0 Å². The molecule has 0 aromatic heterocycles. The van der Waals surface area contributed by atoms with Crippen LogP contribution in [0.4, 0.5) is 4.39 Å². The summed E-state index contributed by atoms with van der Waals surface area (Å²) in [7, 11) is 0. The van der Waals surface area contributed by atoms with Crippen molar-refractivity contribution in [2.24, 2.45) is 0 Å². The Balaban J connectivity index is 1.41. The normalized spacial score (nSPS) is 14.9. The number of quaternary nitrogens is 1. The number of benzene rings is 2. The number of rotatable bonds is 7. The van der Waals surface area contributed by atoms with Crippen LogP contribution in [0.2, 0.25) is 5.02 Å². The highest BCUT2D eigenvalue weighted by molar-refractivity contribution is 8.00. The van der Waals surface area contributed by atoms with Gasteiger partial charge in [-0.25, -0.2) is 4.39 Å². The van der Waals surface area contributed by atoms with Crippen molar-refractivity contribution in [1.82, 2.24) is 5.32 Å². The summed E-state index contributed by atoms with van der Waals surface area (Å²) in [6.07, 6.45) is 0. The van der Waals surface area contributed by atoms with Crippen LogP contribution in [0.25, 0.3) is 0 Å². The molecule has 0 saturated carbocycles. The molecule has 0 atom stereocenters. The van der Waals surface area contributed by atoms with Crippen molar-refractivity contribution in [2.45, 2.75) is 18.0 Å². The first-order valence-corrected chi connectivity index (χ1v) is 10.3. The lowest BCUT2D eigenvalue weighted by molar-refractivity contribution is -0.921. The number of halogens is 2. The van der Waals surface area contributed by atoms with Crippen molar-refractivity contribution >= 4 is 29.3 Å². The van der Waals surface area contributed by atoms with Gasteiger partial charge in [-0.05, 0) is 23.8 Å². The molecule has 144 valence electrons. The lowest BCUT2D eigenvalue weighted by Gasteiger charge is -2.23. The molecule has 2 aromatic rings. The zero-order chi connectivity index (χ0) is 19.1. The summed E-state index contributed by atoms with van der Waals surface area (Å²) in [6.45, 7) is 5.27. The number of ether oxygens (including phenoxy) is 1. The third-order valence-electron chi connectivity index (χ3n) is 4.43. The van der Waals surface area contributed by atoms with E-state index in [1.165, 1.54) is 29.5 Å². The van der Waals surface area contributed by atoms with Crippen LogP contribution in [0, 0.1) is 5.82 Å². The highest BCUT2D eigenvalue weighted by Gasteiger charge is 2.14. The molecule has 0 radical (unpaired) electrons. The second-order valence-electron chi connectivity index (χ2n) is 6.50. The van der Waals surface area contributed by atoms with Crippen molar-refractivity contribution in [3.63, 3.8) is 0 Å². The average Bonchev–Trinajstić information content (AvgIpc) is 2.69. The fourth-order valence-corrected chi connectivity index (χ4v) is 3.88. The van der Waals surface area contributed by atoms with Crippen molar-refractivity contribution in [3.8, 4) is 0 Å². The lowest BCUT2D eigenvalue weighted by Crippen LogP contribution is -3.12. The van der Waals surface area contributed by atoms with Gasteiger partial charge in [-0.2, -0.15) is 0 Å². The average molecular weight is 410 g/mol. The van der Waals surface area contributed by atoms with Crippen molar-refractivity contribution in [2.75, 3.05) is 32.1 Å². The molecule has 1 aliphatic heterocycles. The summed E-state index contributed by atoms with van der Waals surface area (Å²) in [5.74, 6) is -0.258. The van der Waals surface area contributed by atoms with Crippen LogP contribution < -0.4 is 10.2 Å². The van der Waals surface area contributed by atoms with E-state index in [1.54, 1.807) is 11.0 Å². The van der Waals surface area contributed by atoms with Gasteiger partial charge in [0.25, 0.3) is 0 Å². The molecule has 0 spiro atoms. The van der Waals surface area contributed by atoms with Crippen LogP contribution in [0.5, 0.6) is 0 Å². The number of carbonyl (C=O) groups excluding carboxylic acids is 1. The van der Waals surface area contributed by atoms with Gasteiger partial charge in [-0.3, -0.25) is 4.79 Å². The zero-order valence-electron chi connectivity index (χ0n) is 15.0. The number of hydrogen-bond acceptors (Lipinski definition) is 3. The first-order valence-electron chi connectivity index (χ1n) is 8.94. The van der Waals surface area contributed by atoms with E-state index in [-0.39, 0.29) is 16.7 Å². The topological polar surface area (TPSA) is 42.8 Å². The van der Waals surface area contributed by atoms with Gasteiger partial charge in [0.2, 0.25) is 5.91 Å². The fraction of sp³-hybridized carbons (Fsp3) is 0.350. The molecule has 0 unspecified atom stereocenters. The van der Waals surface area contributed by atoms with E-state index in [4.69, 9.17) is 16.3 Å². The van der Waals surface area contributed by atoms with E-state index in [2.05, 4.69) is 29.6 Å². The number of amides is 1. The summed E-state index contributed by atoms with van der Waals surface area (Å²) < 4.78 is 18.5. The Morgan fingerprint density at radius 3 is 2.56 bits per heavy atom. The van der Waals surface area contributed by atoms with E-state index in [0.29, 0.717) is 6.54 Å². The Bertz CT molecular complexity index is 767. The molecule has 7 heteroatoms. The Hall–Kier alpha value is -1.60. The molecule has 1 amide bonds. The molecule has 0 bridgehead atoms. The highest BCUT2D eigenvalue weighted by atomic mass is 35.5. The standard InChI is InChI=1S/C20H22ClFN2O2S/c21-18-11-17(5-6-19(18)22)27-14-20(25)23-12-15-1-3-16(4-2-15)13-24-7-9-26-10-8-24/h1-6,11H,7-10,12-14H2,(H,23,25)/p+1. The fourth-order valence-electron chi connectivity index (χ4n) is 2.87. The Morgan fingerprint density at radius 1 is 1.15 bits per heavy atom. The maximum absolute atomic E-state index is 13.1. The molecule has 2 N–H and O–H groups in total. The van der Waals surface area contributed by atoms with E-state index in [0.717, 1.165) is 43.3 Å². The molecular formula is C20H23ClFN2O2S+. The Labute approximate surface area is 168 Å². The number of thioether (sulfide) groups is 1. The third kappa shape index (κ3) is 6.50. The zero-order valence-corrected chi connectivity index (χ0v) is 16.5. The molecule has 2 aromatic carbocycles. The molecule has 1 fully saturated rings. The Kier molecular flexibility index (Phi) is 7.52. The van der Waals surface area contributed by atoms with E-state index in [1.807, 2.05) is 0 Å². The van der Waals surface area contributed by atoms with Gasteiger partial charge in [0, 0.05) is 17.0 Å². The summed E-state index contributed by atoms with van der Waals surface area (Å²) in [5, 5.41) is 2.98. The number of carbonyl (C=O) groups is 1. The molecule has 3 rings (SSSR count). The largest absolute Gasteiger partial charge is 0.370 e. The molecule has 4 nitrogen and oxygen atoms in total. The molecular weight excluding hydrogens is 387 g/mol. The first-order chi connectivity index (χ1) is 13.1. The van der Waals surface area contributed by atoms with Crippen LogP contribution in [-0.2, 0) is 22.6 Å². The summed E-state index contributed by atoms with van der Waals surface area (Å²) in [4.78, 5) is 14.3. The molecule has 0 aliphatic carbocycles. The number of hydrogen-bond donors (Lipinski definition) is 2. The van der Waals surface area contributed by atoms with E-state index >= 15 is 0 Å². The molecule has 1 saturated heterocycles. The first kappa shape index (κ1) is 20.1. The van der Waals surface area contributed by atoms with Crippen LogP contribution in [0.3, 0.4) is 0 Å². The molecule has 1 aliphatic rings. The van der Waals surface area contributed by atoms with Crippen molar-refractivity contribution in [3.05, 3.63) is 64.4 Å². The second kappa shape index (κ2) is 10.1. The summed E-state index contributed by atoms with van der Waals surface area (Å²) in [6, 6.07) is 12.8. The van der Waals surface area contributed by atoms with Gasteiger partial charge in [0.15, 0.2) is 0 Å². The molecule has 27 heavy (non-hydrogen) atoms. The van der Waals surface area contributed by atoms with Gasteiger partial charge in [0.1, 0.15) is 25.5 Å². The van der Waals surface area contributed by atoms with E-state index < -0.39 is 5.82 Å². The maximum atomic E-state index is 13.1. The summed E-state index contributed by atoms with van der Waals surface area (Å²) >= 11 is 7.08. The smallest absolute Gasteiger partial charge is 0.230 e. The van der Waals surface area contributed by atoms with Gasteiger partial charge in [0.05, 0.1) is 24.0 Å². The van der Waals surface area contributed by atoms with Crippen LogP contribution in [0.1, 0.15) is 11.1 Å². The minimum Gasteiger partial charge on any atom is -0.370 e. The molecule has 1 heterocycles. The van der Waals surface area contributed by atoms with Gasteiger partial charge < -0.3 is 15.0 Å². The van der Waals surface area contributed by atoms with Gasteiger partial charge in [-0.15, -0.1) is 11.8 Å². The van der Waals surface area contributed by atoms with Gasteiger partial charge >= 0.3 is 0 Å². The monoisotopic (exact) mass is 409 g/mol. The lowest BCUT2D eigenvalue weighted by atomic mass is 10.1. The maximum Gasteiger partial charge on any atom is 0.230 e. The van der Waals surface area contributed by atoms with Crippen LogP contribution in [0.15, 0.2) is 47.4 Å². The quantitative estimate of drug-likeness (QED) is 0.690. The van der Waals surface area contributed by atoms with E-state index in [9.17, 15) is 9.18 Å². The van der Waals surface area contributed by atoms with Gasteiger partial charge in [-0.1, -0.05) is 35.9 Å². The number of morpholine rings is 1. The third-order valence-corrected chi connectivity index (χ3v) is 5.71. The van der Waals surface area contributed by atoms with Crippen molar-refractivity contribution in [1.29, 1.82) is 0 Å². The highest BCUT2D eigenvalue weighted by Crippen LogP contribution is 2.23. The predicted octanol–water partition coefficient (Wildman–Crippen LogP) is 2.30. The predicted molar refractivity (Wildman–Crippen MR) is 106 cm³/mol. The minimum atomic E-state index is -0.455.